The van der Waals surface area contributed by atoms with E-state index in [0.29, 0.717) is 18.0 Å². The first-order chi connectivity index (χ1) is 21.2. The zero-order valence-corrected chi connectivity index (χ0v) is 23.6. The van der Waals surface area contributed by atoms with Crippen molar-refractivity contribution in [1.82, 2.24) is 5.32 Å². The van der Waals surface area contributed by atoms with Gasteiger partial charge in [-0.1, -0.05) is 6.07 Å². The largest absolute Gasteiger partial charge is 0.504 e. The van der Waals surface area contributed by atoms with Crippen LogP contribution in [0.2, 0.25) is 0 Å². The van der Waals surface area contributed by atoms with Crippen LogP contribution >= 0.6 is 0 Å². The van der Waals surface area contributed by atoms with Crippen LogP contribution in [0.5, 0.6) is 57.5 Å². The molecule has 0 aliphatic carbocycles. The van der Waals surface area contributed by atoms with Crippen molar-refractivity contribution in [2.45, 2.75) is 12.6 Å². The lowest BCUT2D eigenvalue weighted by Gasteiger charge is -2.14. The lowest BCUT2D eigenvalue weighted by atomic mass is 10.2. The van der Waals surface area contributed by atoms with E-state index in [9.17, 15) is 30.3 Å². The number of ether oxygens (including phenoxy) is 2. The number of aliphatic hydroxyl groups excluding tert-OH is 1. The quantitative estimate of drug-likeness (QED) is 0.0680. The molecule has 4 aromatic carbocycles. The summed E-state index contributed by atoms with van der Waals surface area (Å²) in [6, 6.07) is 16.4. The molecule has 0 aliphatic rings. The highest BCUT2D eigenvalue weighted by atomic mass is 16.5. The van der Waals surface area contributed by atoms with Crippen molar-refractivity contribution in [1.29, 1.82) is 0 Å². The SMILES string of the molecule is Nc1ccc(O)c(O)c1.O=C(O)COc1ccc(O)c(O)c1.Oc1ccc(CNCC(O)COc2ccc(O)c(O)c2)cc1O. The van der Waals surface area contributed by atoms with Gasteiger partial charge in [0.2, 0.25) is 0 Å². The number of phenols is 8. The normalized spacial score (nSPS) is 10.8. The fraction of sp³-hybridized carbons (Fsp3) is 0.167. The predicted molar refractivity (Wildman–Crippen MR) is 160 cm³/mol. The number of hydrogen-bond acceptors (Lipinski definition) is 14. The number of nitrogens with one attached hydrogen (secondary N) is 1. The number of hydrogen-bond donors (Lipinski definition) is 12. The fourth-order valence-electron chi connectivity index (χ4n) is 3.19. The number of carbonyl (C=O) groups is 1. The number of aliphatic carboxylic acids is 1. The van der Waals surface area contributed by atoms with Gasteiger partial charge in [-0.2, -0.15) is 0 Å². The minimum absolute atomic E-state index is 0.0119. The standard InChI is InChI=1S/C16H19NO6.C8H8O5.C6H7NO2/c18-11(9-23-12-2-4-14(20)16(22)6-12)8-17-7-10-1-3-13(19)15(21)5-10;9-6-2-1-5(3-7(6)10)13-4-8(11)12;7-4-1-2-5(8)6(9)3-4/h1-6,11,17-22H,7-9H2;1-3,9-10H,4H2,(H,11,12);1-3,8-9H,7H2. The number of carboxylic acid groups (broad SMARTS) is 1. The van der Waals surface area contributed by atoms with Gasteiger partial charge >= 0.3 is 5.97 Å². The van der Waals surface area contributed by atoms with Gasteiger partial charge in [0.25, 0.3) is 0 Å². The molecule has 0 saturated heterocycles. The molecular weight excluding hydrogens is 596 g/mol. The van der Waals surface area contributed by atoms with Crippen molar-refractivity contribution in [3.05, 3.63) is 78.4 Å². The van der Waals surface area contributed by atoms with E-state index in [1.54, 1.807) is 6.07 Å². The molecular formula is C30H34N2O13. The number of nitrogens with two attached hydrogens (primary N) is 1. The van der Waals surface area contributed by atoms with E-state index in [1.807, 2.05) is 0 Å². The maximum absolute atomic E-state index is 10.1. The van der Waals surface area contributed by atoms with Crippen LogP contribution in [0.1, 0.15) is 5.56 Å². The van der Waals surface area contributed by atoms with Crippen LogP contribution in [0.25, 0.3) is 0 Å². The van der Waals surface area contributed by atoms with Crippen molar-refractivity contribution in [3.8, 4) is 57.5 Å². The van der Waals surface area contributed by atoms with Crippen molar-refractivity contribution < 1.29 is 65.3 Å². The zero-order valence-electron chi connectivity index (χ0n) is 23.6. The number of aromatic hydroxyl groups is 8. The number of carboxylic acids is 1. The first kappa shape index (κ1) is 35.3. The highest BCUT2D eigenvalue weighted by Crippen LogP contribution is 2.30. The molecule has 0 bridgehead atoms. The summed E-state index contributed by atoms with van der Waals surface area (Å²) in [6.45, 7) is 0.193. The predicted octanol–water partition coefficient (Wildman–Crippen LogP) is 2.28. The Morgan fingerprint density at radius 3 is 1.58 bits per heavy atom. The highest BCUT2D eigenvalue weighted by molar-refractivity contribution is 5.68. The second-order valence-electron chi connectivity index (χ2n) is 9.15. The Balaban J connectivity index is 0.000000268. The molecule has 242 valence electrons. The molecule has 0 heterocycles. The summed E-state index contributed by atoms with van der Waals surface area (Å²) >= 11 is 0. The maximum atomic E-state index is 10.1. The number of phenolic OH excluding ortho intramolecular Hbond substituents is 8. The van der Waals surface area contributed by atoms with Gasteiger partial charge in [-0.05, 0) is 54.1 Å². The summed E-state index contributed by atoms with van der Waals surface area (Å²) in [5.74, 6) is -2.43. The van der Waals surface area contributed by atoms with Gasteiger partial charge in [-0.15, -0.1) is 0 Å². The molecule has 0 aliphatic heterocycles. The smallest absolute Gasteiger partial charge is 0.341 e. The van der Waals surface area contributed by atoms with Crippen molar-refractivity contribution >= 4 is 11.7 Å². The van der Waals surface area contributed by atoms with Gasteiger partial charge in [-0.3, -0.25) is 0 Å². The van der Waals surface area contributed by atoms with Gasteiger partial charge in [0, 0.05) is 37.0 Å². The Morgan fingerprint density at radius 1 is 0.644 bits per heavy atom. The first-order valence-corrected chi connectivity index (χ1v) is 12.9. The number of nitrogen functional groups attached to an aromatic ring is 1. The van der Waals surface area contributed by atoms with E-state index in [4.69, 9.17) is 40.7 Å². The van der Waals surface area contributed by atoms with Gasteiger partial charge in [0.15, 0.2) is 52.6 Å². The summed E-state index contributed by atoms with van der Waals surface area (Å²) in [6.07, 6.45) is -0.781. The molecule has 0 saturated carbocycles. The minimum atomic E-state index is -1.10. The molecule has 4 aromatic rings. The topological polar surface area (TPSA) is 276 Å². The molecule has 15 nitrogen and oxygen atoms in total. The first-order valence-electron chi connectivity index (χ1n) is 12.9. The van der Waals surface area contributed by atoms with Crippen LogP contribution in [0, 0.1) is 0 Å². The second-order valence-corrected chi connectivity index (χ2v) is 9.15. The van der Waals surface area contributed by atoms with Crippen LogP contribution in [0.4, 0.5) is 5.69 Å². The summed E-state index contributed by atoms with van der Waals surface area (Å²) in [4.78, 5) is 10.1. The van der Waals surface area contributed by atoms with E-state index in [-0.39, 0.29) is 64.9 Å². The van der Waals surface area contributed by atoms with Crippen molar-refractivity contribution in [2.75, 3.05) is 25.5 Å². The Morgan fingerprint density at radius 2 is 1.11 bits per heavy atom. The molecule has 0 radical (unpaired) electrons. The molecule has 1 unspecified atom stereocenters. The Hall–Kier alpha value is -5.93. The monoisotopic (exact) mass is 630 g/mol. The summed E-state index contributed by atoms with van der Waals surface area (Å²) in [7, 11) is 0. The average Bonchev–Trinajstić information content (AvgIpc) is 2.99. The second kappa shape index (κ2) is 17.3. The third kappa shape index (κ3) is 12.9. The van der Waals surface area contributed by atoms with Crippen LogP contribution in [-0.4, -0.2) is 82.9 Å². The third-order valence-corrected chi connectivity index (χ3v) is 5.45. The zero-order chi connectivity index (χ0) is 33.5. The van der Waals surface area contributed by atoms with Crippen LogP contribution in [0.15, 0.2) is 72.8 Å². The fourth-order valence-corrected chi connectivity index (χ4v) is 3.19. The van der Waals surface area contributed by atoms with E-state index >= 15 is 0 Å². The lowest BCUT2D eigenvalue weighted by Crippen LogP contribution is -2.31. The Kier molecular flexibility index (Phi) is 13.5. The number of aliphatic hydroxyl groups is 1. The molecule has 4 rings (SSSR count). The van der Waals surface area contributed by atoms with Gasteiger partial charge in [-0.25, -0.2) is 4.79 Å². The van der Waals surface area contributed by atoms with Crippen LogP contribution in [0.3, 0.4) is 0 Å². The third-order valence-electron chi connectivity index (χ3n) is 5.45. The average molecular weight is 631 g/mol. The lowest BCUT2D eigenvalue weighted by molar-refractivity contribution is -0.139. The molecule has 0 fully saturated rings. The van der Waals surface area contributed by atoms with E-state index in [0.717, 1.165) is 11.6 Å². The Labute approximate surface area is 256 Å². The van der Waals surface area contributed by atoms with E-state index < -0.39 is 18.7 Å². The molecule has 0 spiro atoms. The highest BCUT2D eigenvalue weighted by Gasteiger charge is 2.08. The van der Waals surface area contributed by atoms with Crippen molar-refractivity contribution in [3.63, 3.8) is 0 Å². The molecule has 1 atom stereocenters. The van der Waals surface area contributed by atoms with E-state index in [2.05, 4.69) is 5.32 Å². The van der Waals surface area contributed by atoms with Gasteiger partial charge < -0.3 is 71.6 Å². The Bertz CT molecular complexity index is 1550. The maximum Gasteiger partial charge on any atom is 0.341 e. The summed E-state index contributed by atoms with van der Waals surface area (Å²) in [5.41, 5.74) is 6.45. The molecule has 0 amide bonds. The number of rotatable bonds is 10. The molecule has 15 heteroatoms. The molecule has 13 N–H and O–H groups in total. The number of benzene rings is 4. The van der Waals surface area contributed by atoms with Crippen LogP contribution in [-0.2, 0) is 11.3 Å². The summed E-state index contributed by atoms with van der Waals surface area (Å²) in [5, 5.41) is 93.6. The van der Waals surface area contributed by atoms with E-state index in [1.165, 1.54) is 60.7 Å². The number of anilines is 1. The van der Waals surface area contributed by atoms with Gasteiger partial charge in [0.1, 0.15) is 24.2 Å². The van der Waals surface area contributed by atoms with Crippen molar-refractivity contribution in [2.24, 2.45) is 0 Å². The van der Waals surface area contributed by atoms with Crippen LogP contribution < -0.4 is 20.5 Å². The summed E-state index contributed by atoms with van der Waals surface area (Å²) < 4.78 is 10.0. The molecule has 0 aromatic heterocycles. The minimum Gasteiger partial charge on any atom is -0.504 e. The molecule has 45 heavy (non-hydrogen) atoms. The van der Waals surface area contributed by atoms with Gasteiger partial charge in [0.05, 0.1) is 0 Å².